The molecule has 1 rings (SSSR count). The molecule has 0 heterocycles. The summed E-state index contributed by atoms with van der Waals surface area (Å²) >= 11 is 3.37. The van der Waals surface area contributed by atoms with Gasteiger partial charge >= 0.3 is 0 Å². The lowest BCUT2D eigenvalue weighted by atomic mass is 10.1. The summed E-state index contributed by atoms with van der Waals surface area (Å²) in [5, 5.41) is 3.61. The molecule has 88 valence electrons. The molecule has 0 bridgehead atoms. The largest absolute Gasteiger partial charge is 0.385 e. The molecule has 1 aromatic rings. The highest BCUT2D eigenvalue weighted by molar-refractivity contribution is 9.08. The fraction of sp³-hybridized carbons (Fsp3) is 0.417. The van der Waals surface area contributed by atoms with E-state index in [-0.39, 0.29) is 5.91 Å². The lowest BCUT2D eigenvalue weighted by molar-refractivity contribution is 0.0948. The van der Waals surface area contributed by atoms with Gasteiger partial charge in [0, 0.05) is 31.2 Å². The van der Waals surface area contributed by atoms with E-state index in [4.69, 9.17) is 4.74 Å². The molecule has 0 aliphatic heterocycles. The van der Waals surface area contributed by atoms with Gasteiger partial charge < -0.3 is 10.1 Å². The first-order valence-electron chi connectivity index (χ1n) is 5.20. The molecular formula is C12H16BrNO2. The minimum atomic E-state index is -0.0288. The first-order valence-corrected chi connectivity index (χ1v) is 6.32. The number of methoxy groups -OCH3 is 1. The fourth-order valence-electron chi connectivity index (χ4n) is 1.32. The van der Waals surface area contributed by atoms with E-state index in [1.807, 2.05) is 24.3 Å². The zero-order valence-corrected chi connectivity index (χ0v) is 10.9. The van der Waals surface area contributed by atoms with Gasteiger partial charge in [0.05, 0.1) is 0 Å². The predicted octanol–water partition coefficient (Wildman–Crippen LogP) is 2.35. The van der Waals surface area contributed by atoms with Crippen LogP contribution in [0.4, 0.5) is 0 Å². The summed E-state index contributed by atoms with van der Waals surface area (Å²) in [6, 6.07) is 7.58. The quantitative estimate of drug-likeness (QED) is 0.644. The maximum Gasteiger partial charge on any atom is 0.251 e. The lowest BCUT2D eigenvalue weighted by Crippen LogP contribution is -2.25. The molecule has 0 fully saturated rings. The highest BCUT2D eigenvalue weighted by atomic mass is 79.9. The van der Waals surface area contributed by atoms with Crippen LogP contribution in [-0.4, -0.2) is 26.2 Å². The van der Waals surface area contributed by atoms with Crippen molar-refractivity contribution in [3.8, 4) is 0 Å². The second kappa shape index (κ2) is 7.41. The van der Waals surface area contributed by atoms with Crippen LogP contribution in [0.2, 0.25) is 0 Å². The van der Waals surface area contributed by atoms with E-state index in [1.54, 1.807) is 7.11 Å². The molecule has 0 saturated heterocycles. The Morgan fingerprint density at radius 1 is 1.50 bits per heavy atom. The Hall–Kier alpha value is -0.870. The van der Waals surface area contributed by atoms with Crippen LogP contribution < -0.4 is 5.32 Å². The Morgan fingerprint density at radius 2 is 2.31 bits per heavy atom. The molecule has 3 nitrogen and oxygen atoms in total. The van der Waals surface area contributed by atoms with Gasteiger partial charge in [0.15, 0.2) is 0 Å². The van der Waals surface area contributed by atoms with Crippen molar-refractivity contribution in [2.24, 2.45) is 0 Å². The number of carbonyl (C=O) groups is 1. The monoisotopic (exact) mass is 285 g/mol. The van der Waals surface area contributed by atoms with Crippen molar-refractivity contribution in [2.75, 3.05) is 20.3 Å². The number of benzene rings is 1. The third-order valence-corrected chi connectivity index (χ3v) is 2.80. The van der Waals surface area contributed by atoms with E-state index in [0.717, 1.165) is 17.3 Å². The van der Waals surface area contributed by atoms with Gasteiger partial charge in [-0.1, -0.05) is 28.1 Å². The van der Waals surface area contributed by atoms with Gasteiger partial charge in [-0.3, -0.25) is 4.79 Å². The van der Waals surface area contributed by atoms with Crippen molar-refractivity contribution < 1.29 is 9.53 Å². The minimum absolute atomic E-state index is 0.0288. The first kappa shape index (κ1) is 13.2. The van der Waals surface area contributed by atoms with Gasteiger partial charge in [0.25, 0.3) is 5.91 Å². The van der Waals surface area contributed by atoms with Gasteiger partial charge in [0.2, 0.25) is 0 Å². The molecule has 1 N–H and O–H groups in total. The maximum absolute atomic E-state index is 11.7. The smallest absolute Gasteiger partial charge is 0.251 e. The molecule has 0 aliphatic carbocycles. The number of amides is 1. The van der Waals surface area contributed by atoms with Gasteiger partial charge in [-0.05, 0) is 24.1 Å². The summed E-state index contributed by atoms with van der Waals surface area (Å²) in [4.78, 5) is 11.7. The third kappa shape index (κ3) is 4.33. The van der Waals surface area contributed by atoms with Crippen LogP contribution in [0.25, 0.3) is 0 Å². The van der Waals surface area contributed by atoms with Crippen LogP contribution in [0.3, 0.4) is 0 Å². The molecule has 1 aromatic carbocycles. The Labute approximate surface area is 104 Å². The normalized spacial score (nSPS) is 10.1. The van der Waals surface area contributed by atoms with E-state index >= 15 is 0 Å². The number of alkyl halides is 1. The Balaban J connectivity index is 2.46. The van der Waals surface area contributed by atoms with E-state index in [1.165, 1.54) is 0 Å². The third-order valence-electron chi connectivity index (χ3n) is 2.15. The number of carbonyl (C=O) groups excluding carboxylic acids is 1. The number of ether oxygens (including phenoxy) is 1. The molecule has 16 heavy (non-hydrogen) atoms. The van der Waals surface area contributed by atoms with Gasteiger partial charge in [-0.2, -0.15) is 0 Å². The van der Waals surface area contributed by atoms with E-state index in [0.29, 0.717) is 18.7 Å². The Kier molecular flexibility index (Phi) is 6.11. The van der Waals surface area contributed by atoms with Crippen LogP contribution in [0.1, 0.15) is 22.3 Å². The van der Waals surface area contributed by atoms with Crippen LogP contribution in [0, 0.1) is 0 Å². The molecule has 0 atom stereocenters. The van der Waals surface area contributed by atoms with E-state index < -0.39 is 0 Å². The number of halogens is 1. The SMILES string of the molecule is COCCCNC(=O)c1cccc(CBr)c1. The average molecular weight is 286 g/mol. The predicted molar refractivity (Wildman–Crippen MR) is 67.9 cm³/mol. The lowest BCUT2D eigenvalue weighted by Gasteiger charge is -2.05. The molecule has 0 aliphatic rings. The molecular weight excluding hydrogens is 270 g/mol. The van der Waals surface area contributed by atoms with Crippen molar-refractivity contribution in [3.63, 3.8) is 0 Å². The molecule has 0 radical (unpaired) electrons. The molecule has 0 saturated carbocycles. The second-order valence-corrected chi connectivity index (χ2v) is 4.00. The topological polar surface area (TPSA) is 38.3 Å². The summed E-state index contributed by atoms with van der Waals surface area (Å²) in [7, 11) is 1.65. The number of nitrogens with one attached hydrogen (secondary N) is 1. The summed E-state index contributed by atoms with van der Waals surface area (Å²) in [6.07, 6.45) is 0.834. The summed E-state index contributed by atoms with van der Waals surface area (Å²) in [5.74, 6) is -0.0288. The minimum Gasteiger partial charge on any atom is -0.385 e. The highest BCUT2D eigenvalue weighted by Gasteiger charge is 2.04. The molecule has 0 aromatic heterocycles. The number of rotatable bonds is 6. The molecule has 0 unspecified atom stereocenters. The Bertz CT molecular complexity index is 342. The van der Waals surface area contributed by atoms with Crippen molar-refractivity contribution >= 4 is 21.8 Å². The highest BCUT2D eigenvalue weighted by Crippen LogP contribution is 2.08. The Morgan fingerprint density at radius 3 is 3.00 bits per heavy atom. The summed E-state index contributed by atoms with van der Waals surface area (Å²) in [5.41, 5.74) is 1.80. The standard InChI is InChI=1S/C12H16BrNO2/c1-16-7-3-6-14-12(15)11-5-2-4-10(8-11)9-13/h2,4-5,8H,3,6-7,9H2,1H3,(H,14,15). The molecule has 1 amide bonds. The average Bonchev–Trinajstić information content (AvgIpc) is 2.34. The summed E-state index contributed by atoms with van der Waals surface area (Å²) in [6.45, 7) is 1.31. The second-order valence-electron chi connectivity index (χ2n) is 3.44. The van der Waals surface area contributed by atoms with Crippen molar-refractivity contribution in [1.82, 2.24) is 5.32 Å². The fourth-order valence-corrected chi connectivity index (χ4v) is 1.66. The number of hydrogen-bond donors (Lipinski definition) is 1. The van der Waals surface area contributed by atoms with Crippen LogP contribution in [-0.2, 0) is 10.1 Å². The maximum atomic E-state index is 11.7. The van der Waals surface area contributed by atoms with Gasteiger partial charge in [-0.15, -0.1) is 0 Å². The van der Waals surface area contributed by atoms with Crippen LogP contribution in [0.15, 0.2) is 24.3 Å². The van der Waals surface area contributed by atoms with Gasteiger partial charge in [-0.25, -0.2) is 0 Å². The number of hydrogen-bond acceptors (Lipinski definition) is 2. The zero-order chi connectivity index (χ0) is 11.8. The van der Waals surface area contributed by atoms with E-state index in [2.05, 4.69) is 21.2 Å². The zero-order valence-electron chi connectivity index (χ0n) is 9.33. The van der Waals surface area contributed by atoms with Crippen molar-refractivity contribution in [2.45, 2.75) is 11.8 Å². The van der Waals surface area contributed by atoms with Crippen molar-refractivity contribution in [3.05, 3.63) is 35.4 Å². The molecule has 4 heteroatoms. The molecule has 0 spiro atoms. The van der Waals surface area contributed by atoms with Crippen LogP contribution in [0.5, 0.6) is 0 Å². The van der Waals surface area contributed by atoms with Gasteiger partial charge in [0.1, 0.15) is 0 Å². The van der Waals surface area contributed by atoms with Crippen molar-refractivity contribution in [1.29, 1.82) is 0 Å². The van der Waals surface area contributed by atoms with E-state index in [9.17, 15) is 4.79 Å². The van der Waals surface area contributed by atoms with Crippen LogP contribution >= 0.6 is 15.9 Å². The summed E-state index contributed by atoms with van der Waals surface area (Å²) < 4.78 is 4.91. The first-order chi connectivity index (χ1) is 7.77.